The molecule has 0 spiro atoms. The Kier molecular flexibility index (Phi) is 7.59. The van der Waals surface area contributed by atoms with E-state index in [4.69, 9.17) is 0 Å². The minimum absolute atomic E-state index is 0.153. The summed E-state index contributed by atoms with van der Waals surface area (Å²) in [4.78, 5) is 17.4. The van der Waals surface area contributed by atoms with Gasteiger partial charge >= 0.3 is 0 Å². The summed E-state index contributed by atoms with van der Waals surface area (Å²) >= 11 is 1.50. The van der Waals surface area contributed by atoms with E-state index in [1.54, 1.807) is 6.20 Å². The Balaban J connectivity index is 1.61. The minimum Gasteiger partial charge on any atom is -0.298 e. The molecule has 1 heterocycles. The molecule has 1 aliphatic heterocycles. The third-order valence-corrected chi connectivity index (χ3v) is 6.73. The third-order valence-electron chi connectivity index (χ3n) is 5.65. The van der Waals surface area contributed by atoms with Crippen LogP contribution in [0.15, 0.2) is 101 Å². The van der Waals surface area contributed by atoms with Crippen molar-refractivity contribution in [3.63, 3.8) is 0 Å². The van der Waals surface area contributed by atoms with Crippen molar-refractivity contribution in [1.29, 1.82) is 0 Å². The number of thioether (sulfide) groups is 1. The van der Waals surface area contributed by atoms with Gasteiger partial charge in [0.25, 0.3) is 0 Å². The molecule has 0 saturated carbocycles. The lowest BCUT2D eigenvalue weighted by atomic mass is 9.93. The summed E-state index contributed by atoms with van der Waals surface area (Å²) in [5, 5.41) is 0.622. The largest absolute Gasteiger partial charge is 0.298 e. The first-order chi connectivity index (χ1) is 15.7. The molecule has 0 saturated heterocycles. The zero-order chi connectivity index (χ0) is 22.2. The van der Waals surface area contributed by atoms with Gasteiger partial charge in [-0.25, -0.2) is 4.99 Å². The van der Waals surface area contributed by atoms with Crippen molar-refractivity contribution in [1.82, 2.24) is 0 Å². The van der Waals surface area contributed by atoms with Gasteiger partial charge in [0.05, 0.1) is 11.4 Å². The Labute approximate surface area is 194 Å². The van der Waals surface area contributed by atoms with Crippen LogP contribution in [0.4, 0.5) is 0 Å². The smallest absolute Gasteiger partial charge is 0.149 e. The molecule has 3 heteroatoms. The SMILES string of the molecule is CC(SC1=NC=C=C(c2ccccc2)C(c2ccccc2)=C=C1)C(=O)CC1=CCCCC1. The topological polar surface area (TPSA) is 29.4 Å². The first kappa shape index (κ1) is 22.1. The van der Waals surface area contributed by atoms with E-state index in [1.807, 2.05) is 49.4 Å². The van der Waals surface area contributed by atoms with E-state index in [0.29, 0.717) is 6.42 Å². The Morgan fingerprint density at radius 3 is 2.25 bits per heavy atom. The Morgan fingerprint density at radius 1 is 0.969 bits per heavy atom. The van der Waals surface area contributed by atoms with E-state index < -0.39 is 0 Å². The maximum atomic E-state index is 12.8. The number of nitrogens with zero attached hydrogens (tertiary/aromatic N) is 1. The highest BCUT2D eigenvalue weighted by Gasteiger charge is 2.18. The lowest BCUT2D eigenvalue weighted by Gasteiger charge is -2.15. The summed E-state index contributed by atoms with van der Waals surface area (Å²) in [6, 6.07) is 20.4. The molecule has 0 radical (unpaired) electrons. The van der Waals surface area contributed by atoms with Crippen LogP contribution in [-0.2, 0) is 4.79 Å². The molecule has 32 heavy (non-hydrogen) atoms. The number of ketones is 1. The number of aliphatic imine (C=N–C) groups is 1. The van der Waals surface area contributed by atoms with Crippen LogP contribution in [0.1, 0.15) is 50.2 Å². The molecule has 2 aliphatic rings. The highest BCUT2D eigenvalue weighted by Crippen LogP contribution is 2.31. The van der Waals surface area contributed by atoms with E-state index in [-0.39, 0.29) is 11.0 Å². The molecule has 4 rings (SSSR count). The predicted octanol–water partition coefficient (Wildman–Crippen LogP) is 7.41. The zero-order valence-electron chi connectivity index (χ0n) is 18.4. The van der Waals surface area contributed by atoms with E-state index in [0.717, 1.165) is 40.2 Å². The Bertz CT molecular complexity index is 1160. The van der Waals surface area contributed by atoms with Gasteiger partial charge in [-0.2, -0.15) is 0 Å². The van der Waals surface area contributed by atoms with Crippen molar-refractivity contribution >= 4 is 33.7 Å². The van der Waals surface area contributed by atoms with Gasteiger partial charge in [-0.1, -0.05) is 89.8 Å². The Hall–Kier alpha value is -3.09. The number of hydrogen-bond acceptors (Lipinski definition) is 3. The molecule has 1 aliphatic carbocycles. The minimum atomic E-state index is -0.153. The van der Waals surface area contributed by atoms with Crippen LogP contribution in [0.3, 0.4) is 0 Å². The van der Waals surface area contributed by atoms with Crippen LogP contribution in [0.5, 0.6) is 0 Å². The van der Waals surface area contributed by atoms with Gasteiger partial charge < -0.3 is 0 Å². The summed E-state index contributed by atoms with van der Waals surface area (Å²) in [5.74, 6) is 0.262. The lowest BCUT2D eigenvalue weighted by Crippen LogP contribution is -2.16. The molecule has 0 bridgehead atoms. The molecule has 0 N–H and O–H groups in total. The van der Waals surface area contributed by atoms with Gasteiger partial charge in [0, 0.05) is 23.6 Å². The number of Topliss-reactive ketones (excluding diaryl/α,β-unsaturated/α-hetero) is 1. The second-order valence-electron chi connectivity index (χ2n) is 8.02. The van der Waals surface area contributed by atoms with Crippen molar-refractivity contribution in [3.8, 4) is 0 Å². The highest BCUT2D eigenvalue weighted by atomic mass is 32.2. The number of allylic oxidation sites excluding steroid dienone is 3. The fraction of sp³-hybridized carbons (Fsp3) is 0.241. The van der Waals surface area contributed by atoms with Crippen molar-refractivity contribution < 1.29 is 4.79 Å². The van der Waals surface area contributed by atoms with Gasteiger partial charge in [0.2, 0.25) is 0 Å². The van der Waals surface area contributed by atoms with E-state index >= 15 is 0 Å². The molecule has 160 valence electrons. The van der Waals surface area contributed by atoms with Crippen LogP contribution in [0.25, 0.3) is 11.1 Å². The molecule has 2 aromatic rings. The molecule has 2 nitrogen and oxygen atoms in total. The molecular formula is C29H27NOS. The average Bonchev–Trinajstić information content (AvgIpc) is 2.82. The van der Waals surface area contributed by atoms with Gasteiger partial charge in [-0.05, 0) is 43.7 Å². The fourth-order valence-electron chi connectivity index (χ4n) is 3.88. The monoisotopic (exact) mass is 437 g/mol. The number of rotatable bonds is 6. The molecule has 0 aromatic heterocycles. The normalized spacial score (nSPS) is 16.8. The molecular weight excluding hydrogens is 410 g/mol. The van der Waals surface area contributed by atoms with Crippen LogP contribution in [-0.4, -0.2) is 16.1 Å². The standard InChI is InChI=1S/C29H27NOS/c1-22(28(31)21-23-11-5-2-6-12-23)32-29-18-17-26(24-13-7-3-8-14-24)27(19-20-30-29)25-15-9-4-10-16-25/h3-4,7-11,13-16,18,20,22H,2,5-6,12,21H2,1H3. The van der Waals surface area contributed by atoms with Crippen molar-refractivity contribution in [2.45, 2.75) is 44.3 Å². The maximum absolute atomic E-state index is 12.8. The van der Waals surface area contributed by atoms with Crippen molar-refractivity contribution in [2.75, 3.05) is 0 Å². The van der Waals surface area contributed by atoms with Gasteiger partial charge in [-0.3, -0.25) is 4.79 Å². The second kappa shape index (κ2) is 11.0. The third kappa shape index (κ3) is 5.78. The highest BCUT2D eigenvalue weighted by molar-refractivity contribution is 8.15. The van der Waals surface area contributed by atoms with Gasteiger partial charge in [-0.15, -0.1) is 5.73 Å². The van der Waals surface area contributed by atoms with Crippen LogP contribution in [0.2, 0.25) is 0 Å². The fourth-order valence-corrected chi connectivity index (χ4v) is 4.70. The predicted molar refractivity (Wildman–Crippen MR) is 137 cm³/mol. The van der Waals surface area contributed by atoms with Gasteiger partial charge in [0.1, 0.15) is 10.8 Å². The summed E-state index contributed by atoms with van der Waals surface area (Å²) < 4.78 is 0. The zero-order valence-corrected chi connectivity index (χ0v) is 19.2. The van der Waals surface area contributed by atoms with E-state index in [2.05, 4.69) is 46.8 Å². The van der Waals surface area contributed by atoms with Crippen molar-refractivity contribution in [2.24, 2.45) is 4.99 Å². The number of hydrogen-bond donors (Lipinski definition) is 0. The first-order valence-electron chi connectivity index (χ1n) is 11.2. The number of carbonyl (C=O) groups excluding carboxylic acids is 1. The number of benzene rings is 2. The van der Waals surface area contributed by atoms with Crippen LogP contribution < -0.4 is 0 Å². The molecule has 0 amide bonds. The lowest BCUT2D eigenvalue weighted by molar-refractivity contribution is -0.117. The summed E-state index contributed by atoms with van der Waals surface area (Å²) in [7, 11) is 0. The summed E-state index contributed by atoms with van der Waals surface area (Å²) in [5.41, 5.74) is 12.2. The maximum Gasteiger partial charge on any atom is 0.149 e. The molecule has 1 unspecified atom stereocenters. The summed E-state index contributed by atoms with van der Waals surface area (Å²) in [6.07, 6.45) is 11.0. The second-order valence-corrected chi connectivity index (χ2v) is 9.38. The number of carbonyl (C=O) groups is 1. The van der Waals surface area contributed by atoms with Crippen LogP contribution >= 0.6 is 11.8 Å². The van der Waals surface area contributed by atoms with E-state index in [9.17, 15) is 4.79 Å². The first-order valence-corrected chi connectivity index (χ1v) is 12.1. The van der Waals surface area contributed by atoms with Gasteiger partial charge in [0.15, 0.2) is 0 Å². The van der Waals surface area contributed by atoms with E-state index in [1.165, 1.54) is 30.2 Å². The molecule has 2 aromatic carbocycles. The molecule has 1 atom stereocenters. The van der Waals surface area contributed by atoms with Crippen molar-refractivity contribution in [3.05, 3.63) is 107 Å². The molecule has 0 fully saturated rings. The Morgan fingerprint density at radius 2 is 1.62 bits per heavy atom. The van der Waals surface area contributed by atoms with Crippen LogP contribution in [0, 0.1) is 0 Å². The quantitative estimate of drug-likeness (QED) is 0.348. The summed E-state index contributed by atoms with van der Waals surface area (Å²) in [6.45, 7) is 1.97. The average molecular weight is 438 g/mol.